The summed E-state index contributed by atoms with van der Waals surface area (Å²) in [6, 6.07) is 8.55. The van der Waals surface area contributed by atoms with E-state index in [4.69, 9.17) is 9.47 Å². The van der Waals surface area contributed by atoms with Crippen LogP contribution in [0.25, 0.3) is 0 Å². The minimum absolute atomic E-state index is 0.274. The Kier molecular flexibility index (Phi) is 4.21. The Labute approximate surface area is 104 Å². The molecule has 0 aliphatic carbocycles. The van der Waals surface area contributed by atoms with Gasteiger partial charge in [0.2, 0.25) is 0 Å². The maximum absolute atomic E-state index is 5.74. The first kappa shape index (κ1) is 11.9. The van der Waals surface area contributed by atoms with Crippen LogP contribution in [0, 0.1) is 0 Å². The molecular formula is C12H16BrNO2. The van der Waals surface area contributed by atoms with Gasteiger partial charge in [-0.05, 0) is 35.0 Å². The van der Waals surface area contributed by atoms with Gasteiger partial charge in [-0.25, -0.2) is 0 Å². The lowest BCUT2D eigenvalue weighted by atomic mass is 10.2. The molecule has 0 aromatic heterocycles. The number of morpholine rings is 1. The second kappa shape index (κ2) is 5.66. The van der Waals surface area contributed by atoms with Gasteiger partial charge in [0, 0.05) is 6.04 Å². The maximum Gasteiger partial charge on any atom is 0.133 e. The first-order chi connectivity index (χ1) is 7.75. The molecule has 1 aliphatic rings. The third-order valence-corrected chi connectivity index (χ3v) is 3.14. The van der Waals surface area contributed by atoms with Crippen molar-refractivity contribution < 1.29 is 9.47 Å². The van der Waals surface area contributed by atoms with Gasteiger partial charge in [0.15, 0.2) is 0 Å². The van der Waals surface area contributed by atoms with Gasteiger partial charge < -0.3 is 14.8 Å². The lowest BCUT2D eigenvalue weighted by molar-refractivity contribution is 0.0352. The molecule has 2 atom stereocenters. The molecule has 1 aliphatic heterocycles. The highest BCUT2D eigenvalue weighted by atomic mass is 79.9. The molecule has 88 valence electrons. The Morgan fingerprint density at radius 3 is 3.00 bits per heavy atom. The Morgan fingerprint density at radius 2 is 2.25 bits per heavy atom. The quantitative estimate of drug-likeness (QED) is 0.924. The molecule has 0 bridgehead atoms. The molecule has 0 saturated carbocycles. The summed E-state index contributed by atoms with van der Waals surface area (Å²) >= 11 is 3.46. The third-order valence-electron chi connectivity index (χ3n) is 2.48. The van der Waals surface area contributed by atoms with Crippen LogP contribution in [-0.2, 0) is 4.74 Å². The predicted molar refractivity (Wildman–Crippen MR) is 66.8 cm³/mol. The zero-order valence-electron chi connectivity index (χ0n) is 9.28. The number of hydrogen-bond acceptors (Lipinski definition) is 3. The van der Waals surface area contributed by atoms with Crippen LogP contribution >= 0.6 is 15.9 Å². The smallest absolute Gasteiger partial charge is 0.133 e. The number of halogens is 1. The number of rotatable bonds is 3. The van der Waals surface area contributed by atoms with E-state index in [1.807, 2.05) is 24.3 Å². The second-order valence-corrected chi connectivity index (χ2v) is 4.90. The SMILES string of the molecule is CC1COCC(COc2ccccc2Br)N1. The molecule has 1 N–H and O–H groups in total. The Hall–Kier alpha value is -0.580. The summed E-state index contributed by atoms with van der Waals surface area (Å²) in [6.07, 6.45) is 0. The van der Waals surface area contributed by atoms with Crippen LogP contribution in [0.4, 0.5) is 0 Å². The van der Waals surface area contributed by atoms with Gasteiger partial charge in [0.25, 0.3) is 0 Å². The Morgan fingerprint density at radius 1 is 1.44 bits per heavy atom. The highest BCUT2D eigenvalue weighted by Crippen LogP contribution is 2.23. The fourth-order valence-electron chi connectivity index (χ4n) is 1.73. The van der Waals surface area contributed by atoms with Crippen molar-refractivity contribution in [3.05, 3.63) is 28.7 Å². The summed E-state index contributed by atoms with van der Waals surface area (Å²) in [6.45, 7) is 4.25. The minimum Gasteiger partial charge on any atom is -0.491 e. The van der Waals surface area contributed by atoms with E-state index in [2.05, 4.69) is 28.2 Å². The van der Waals surface area contributed by atoms with E-state index in [9.17, 15) is 0 Å². The van der Waals surface area contributed by atoms with Crippen molar-refractivity contribution in [2.75, 3.05) is 19.8 Å². The van der Waals surface area contributed by atoms with Gasteiger partial charge in [-0.3, -0.25) is 0 Å². The molecule has 4 heteroatoms. The largest absolute Gasteiger partial charge is 0.491 e. The molecule has 2 unspecified atom stereocenters. The van der Waals surface area contributed by atoms with Gasteiger partial charge in [0.1, 0.15) is 12.4 Å². The fraction of sp³-hybridized carbons (Fsp3) is 0.500. The molecule has 1 saturated heterocycles. The second-order valence-electron chi connectivity index (χ2n) is 4.04. The summed E-state index contributed by atoms with van der Waals surface area (Å²) in [4.78, 5) is 0. The average Bonchev–Trinajstić information content (AvgIpc) is 2.28. The van der Waals surface area contributed by atoms with Crippen LogP contribution in [0.5, 0.6) is 5.75 Å². The summed E-state index contributed by atoms with van der Waals surface area (Å²) in [5.74, 6) is 0.877. The number of ether oxygens (including phenoxy) is 2. The van der Waals surface area contributed by atoms with Crippen molar-refractivity contribution >= 4 is 15.9 Å². The normalized spacial score (nSPS) is 25.4. The van der Waals surface area contributed by atoms with E-state index < -0.39 is 0 Å². The van der Waals surface area contributed by atoms with Crippen LogP contribution in [-0.4, -0.2) is 31.9 Å². The maximum atomic E-state index is 5.74. The van der Waals surface area contributed by atoms with Crippen molar-refractivity contribution in [1.29, 1.82) is 0 Å². The molecule has 3 nitrogen and oxygen atoms in total. The van der Waals surface area contributed by atoms with E-state index >= 15 is 0 Å². The van der Waals surface area contributed by atoms with Crippen molar-refractivity contribution in [3.8, 4) is 5.75 Å². The van der Waals surface area contributed by atoms with Crippen molar-refractivity contribution in [1.82, 2.24) is 5.32 Å². The minimum atomic E-state index is 0.274. The predicted octanol–water partition coefficient (Wildman–Crippen LogP) is 2.20. The van der Waals surface area contributed by atoms with Crippen molar-refractivity contribution in [2.45, 2.75) is 19.0 Å². The van der Waals surface area contributed by atoms with Gasteiger partial charge >= 0.3 is 0 Å². The molecule has 1 fully saturated rings. The molecule has 2 rings (SSSR count). The van der Waals surface area contributed by atoms with Crippen molar-refractivity contribution in [2.24, 2.45) is 0 Å². The third kappa shape index (κ3) is 3.20. The molecule has 0 amide bonds. The lowest BCUT2D eigenvalue weighted by Crippen LogP contribution is -2.50. The number of benzene rings is 1. The van der Waals surface area contributed by atoms with E-state index in [0.717, 1.165) is 23.4 Å². The van der Waals surface area contributed by atoms with Crippen LogP contribution in [0.15, 0.2) is 28.7 Å². The van der Waals surface area contributed by atoms with E-state index in [1.54, 1.807) is 0 Å². The molecule has 1 aromatic rings. The van der Waals surface area contributed by atoms with E-state index in [-0.39, 0.29) is 6.04 Å². The Balaban J connectivity index is 1.85. The van der Waals surface area contributed by atoms with E-state index in [1.165, 1.54) is 0 Å². The zero-order valence-corrected chi connectivity index (χ0v) is 10.9. The van der Waals surface area contributed by atoms with Gasteiger partial charge in [-0.1, -0.05) is 12.1 Å². The average molecular weight is 286 g/mol. The topological polar surface area (TPSA) is 30.5 Å². The highest BCUT2D eigenvalue weighted by molar-refractivity contribution is 9.10. The van der Waals surface area contributed by atoms with Crippen molar-refractivity contribution in [3.63, 3.8) is 0 Å². The standard InChI is InChI=1S/C12H16BrNO2/c1-9-6-15-7-10(14-9)8-16-12-5-3-2-4-11(12)13/h2-5,9-10,14H,6-8H2,1H3. The number of para-hydroxylation sites is 1. The number of nitrogens with one attached hydrogen (secondary N) is 1. The number of hydrogen-bond donors (Lipinski definition) is 1. The van der Waals surface area contributed by atoms with E-state index in [0.29, 0.717) is 12.6 Å². The summed E-state index contributed by atoms with van der Waals surface area (Å²) in [5, 5.41) is 3.44. The van der Waals surface area contributed by atoms with Gasteiger partial charge in [-0.2, -0.15) is 0 Å². The monoisotopic (exact) mass is 285 g/mol. The van der Waals surface area contributed by atoms with Gasteiger partial charge in [-0.15, -0.1) is 0 Å². The summed E-state index contributed by atoms with van der Waals surface area (Å²) in [5.41, 5.74) is 0. The van der Waals surface area contributed by atoms with Crippen LogP contribution in [0.1, 0.15) is 6.92 Å². The van der Waals surface area contributed by atoms with Crippen LogP contribution < -0.4 is 10.1 Å². The molecule has 1 heterocycles. The molecule has 0 spiro atoms. The summed E-state index contributed by atoms with van der Waals surface area (Å²) in [7, 11) is 0. The summed E-state index contributed by atoms with van der Waals surface area (Å²) < 4.78 is 12.2. The van der Waals surface area contributed by atoms with Gasteiger partial charge in [0.05, 0.1) is 23.7 Å². The molecular weight excluding hydrogens is 270 g/mol. The molecule has 0 radical (unpaired) electrons. The Bertz CT molecular complexity index is 346. The molecule has 1 aromatic carbocycles. The first-order valence-corrected chi connectivity index (χ1v) is 6.26. The first-order valence-electron chi connectivity index (χ1n) is 5.47. The van der Waals surface area contributed by atoms with Crippen LogP contribution in [0.2, 0.25) is 0 Å². The molecule has 16 heavy (non-hydrogen) atoms. The fourth-order valence-corrected chi connectivity index (χ4v) is 2.13. The zero-order chi connectivity index (χ0) is 11.4. The highest BCUT2D eigenvalue weighted by Gasteiger charge is 2.18. The van der Waals surface area contributed by atoms with Crippen LogP contribution in [0.3, 0.4) is 0 Å². The lowest BCUT2D eigenvalue weighted by Gasteiger charge is -2.28.